The highest BCUT2D eigenvalue weighted by atomic mass is 16.4. The minimum atomic E-state index is -0.735. The first-order valence-corrected chi connectivity index (χ1v) is 5.65. The largest absolute Gasteiger partial charge is 0.481 e. The predicted octanol–water partition coefficient (Wildman–Crippen LogP) is 2.04. The highest BCUT2D eigenvalue weighted by molar-refractivity contribution is 5.68. The summed E-state index contributed by atoms with van der Waals surface area (Å²) in [7, 11) is 0. The van der Waals surface area contributed by atoms with Crippen LogP contribution in [0.2, 0.25) is 0 Å². The third-order valence-corrected chi connectivity index (χ3v) is 5.69. The molecule has 0 aromatic rings. The van der Waals surface area contributed by atoms with Crippen LogP contribution in [0.3, 0.4) is 0 Å². The predicted molar refractivity (Wildman–Crippen MR) is 56.4 cm³/mol. The molecular formula is C12H20O3. The second-order valence-electron chi connectivity index (χ2n) is 6.11. The van der Waals surface area contributed by atoms with Crippen LogP contribution in [0.5, 0.6) is 0 Å². The molecule has 0 aromatic heterocycles. The first kappa shape index (κ1) is 10.9. The van der Waals surface area contributed by atoms with Crippen molar-refractivity contribution in [2.24, 2.45) is 16.2 Å². The summed E-state index contributed by atoms with van der Waals surface area (Å²) in [5.41, 5.74) is -0.354. The number of hydrogen-bond acceptors (Lipinski definition) is 2. The van der Waals surface area contributed by atoms with Gasteiger partial charge in [0.05, 0.1) is 12.5 Å². The lowest BCUT2D eigenvalue weighted by atomic mass is 9.64. The summed E-state index contributed by atoms with van der Waals surface area (Å²) in [6.45, 7) is 6.35. The van der Waals surface area contributed by atoms with E-state index < -0.39 is 5.97 Å². The lowest BCUT2D eigenvalue weighted by molar-refractivity contribution is -0.141. The van der Waals surface area contributed by atoms with E-state index in [0.29, 0.717) is 6.42 Å². The van der Waals surface area contributed by atoms with Crippen LogP contribution in [0, 0.1) is 16.2 Å². The van der Waals surface area contributed by atoms with Gasteiger partial charge in [-0.15, -0.1) is 0 Å². The number of aliphatic carboxylic acids is 1. The third kappa shape index (κ3) is 1.07. The molecule has 2 saturated carbocycles. The average Bonchev–Trinajstić information content (AvgIpc) is 2.33. The minimum absolute atomic E-state index is 0.0716. The summed E-state index contributed by atoms with van der Waals surface area (Å²) >= 11 is 0. The van der Waals surface area contributed by atoms with Crippen molar-refractivity contribution in [3.63, 3.8) is 0 Å². The van der Waals surface area contributed by atoms with Crippen molar-refractivity contribution in [3.05, 3.63) is 0 Å². The molecule has 3 nitrogen and oxygen atoms in total. The van der Waals surface area contributed by atoms with Crippen molar-refractivity contribution >= 4 is 5.97 Å². The van der Waals surface area contributed by atoms with E-state index in [1.165, 1.54) is 0 Å². The van der Waals surface area contributed by atoms with Gasteiger partial charge < -0.3 is 10.2 Å². The summed E-state index contributed by atoms with van der Waals surface area (Å²) < 4.78 is 0. The van der Waals surface area contributed by atoms with Crippen LogP contribution in [0.4, 0.5) is 0 Å². The number of fused-ring (bicyclic) bond motifs is 2. The van der Waals surface area contributed by atoms with E-state index >= 15 is 0 Å². The second-order valence-corrected chi connectivity index (χ2v) is 6.11. The van der Waals surface area contributed by atoms with E-state index in [2.05, 4.69) is 20.8 Å². The third-order valence-electron chi connectivity index (χ3n) is 5.69. The molecule has 2 N–H and O–H groups in total. The van der Waals surface area contributed by atoms with Gasteiger partial charge in [-0.2, -0.15) is 0 Å². The van der Waals surface area contributed by atoms with E-state index in [-0.39, 0.29) is 28.8 Å². The number of hydrogen-bond donors (Lipinski definition) is 2. The van der Waals surface area contributed by atoms with Crippen molar-refractivity contribution < 1.29 is 15.0 Å². The normalized spacial score (nSPS) is 47.1. The molecule has 86 valence electrons. The lowest BCUT2D eigenvalue weighted by Crippen LogP contribution is -2.37. The van der Waals surface area contributed by atoms with Gasteiger partial charge in [-0.1, -0.05) is 20.8 Å². The van der Waals surface area contributed by atoms with Crippen molar-refractivity contribution in [3.8, 4) is 0 Å². The minimum Gasteiger partial charge on any atom is -0.481 e. The van der Waals surface area contributed by atoms with Gasteiger partial charge in [0, 0.05) is 0 Å². The molecule has 2 rings (SSSR count). The van der Waals surface area contributed by atoms with Crippen LogP contribution in [0.1, 0.15) is 46.5 Å². The Morgan fingerprint density at radius 2 is 1.93 bits per heavy atom. The molecule has 0 radical (unpaired) electrons. The van der Waals surface area contributed by atoms with Crippen molar-refractivity contribution in [1.82, 2.24) is 0 Å². The molecule has 0 spiro atoms. The number of carboxylic acids is 1. The maximum absolute atomic E-state index is 11.0. The van der Waals surface area contributed by atoms with Gasteiger partial charge in [-0.25, -0.2) is 0 Å². The molecule has 2 aliphatic rings. The molecule has 0 heterocycles. The van der Waals surface area contributed by atoms with Gasteiger partial charge in [0.25, 0.3) is 0 Å². The molecule has 0 aromatic carbocycles. The monoisotopic (exact) mass is 212 g/mol. The van der Waals surface area contributed by atoms with Gasteiger partial charge in [-0.05, 0) is 35.5 Å². The van der Waals surface area contributed by atoms with Gasteiger partial charge in [-0.3, -0.25) is 4.79 Å². The van der Waals surface area contributed by atoms with Crippen LogP contribution in [-0.4, -0.2) is 22.3 Å². The zero-order valence-corrected chi connectivity index (χ0v) is 9.71. The fourth-order valence-electron chi connectivity index (χ4n) is 3.94. The highest BCUT2D eigenvalue weighted by Gasteiger charge is 2.69. The summed E-state index contributed by atoms with van der Waals surface area (Å²) in [6.07, 6.45) is 2.42. The zero-order valence-electron chi connectivity index (χ0n) is 9.71. The van der Waals surface area contributed by atoms with Crippen LogP contribution in [-0.2, 0) is 4.79 Å². The van der Waals surface area contributed by atoms with E-state index in [1.54, 1.807) is 0 Å². The SMILES string of the molecule is CC1(C)[C@@]2(CC(=O)O)CC[C@]1(C)[C@@H](O)C2. The molecule has 3 heteroatoms. The number of carboxylic acid groups (broad SMARTS) is 1. The average molecular weight is 212 g/mol. The fourth-order valence-corrected chi connectivity index (χ4v) is 3.94. The summed E-state index contributed by atoms with van der Waals surface area (Å²) in [4.78, 5) is 11.0. The van der Waals surface area contributed by atoms with Gasteiger partial charge in [0.15, 0.2) is 0 Å². The zero-order chi connectivity index (χ0) is 11.5. The summed E-state index contributed by atoms with van der Waals surface area (Å²) in [5, 5.41) is 19.1. The van der Waals surface area contributed by atoms with Crippen molar-refractivity contribution in [2.75, 3.05) is 0 Å². The molecule has 0 amide bonds. The summed E-state index contributed by atoms with van der Waals surface area (Å²) in [5.74, 6) is -0.735. The molecule has 15 heavy (non-hydrogen) atoms. The quantitative estimate of drug-likeness (QED) is 0.736. The Bertz CT molecular complexity index is 310. The molecule has 0 unspecified atom stereocenters. The van der Waals surface area contributed by atoms with E-state index in [0.717, 1.165) is 12.8 Å². The second kappa shape index (κ2) is 2.76. The highest BCUT2D eigenvalue weighted by Crippen LogP contribution is 2.73. The van der Waals surface area contributed by atoms with Crippen molar-refractivity contribution in [1.29, 1.82) is 0 Å². The Morgan fingerprint density at radius 3 is 2.27 bits per heavy atom. The number of rotatable bonds is 2. The molecule has 2 bridgehead atoms. The maximum atomic E-state index is 11.0. The van der Waals surface area contributed by atoms with Crippen LogP contribution in [0.25, 0.3) is 0 Å². The van der Waals surface area contributed by atoms with Gasteiger partial charge in [0.1, 0.15) is 0 Å². The van der Waals surface area contributed by atoms with E-state index in [9.17, 15) is 9.90 Å². The van der Waals surface area contributed by atoms with Gasteiger partial charge in [0.2, 0.25) is 0 Å². The smallest absolute Gasteiger partial charge is 0.303 e. The summed E-state index contributed by atoms with van der Waals surface area (Å²) in [6, 6.07) is 0. The first-order chi connectivity index (χ1) is 6.75. The fraction of sp³-hybridized carbons (Fsp3) is 0.917. The molecule has 0 saturated heterocycles. The van der Waals surface area contributed by atoms with E-state index in [1.807, 2.05) is 0 Å². The number of carbonyl (C=O) groups is 1. The number of aliphatic hydroxyl groups is 1. The molecule has 3 atom stereocenters. The first-order valence-electron chi connectivity index (χ1n) is 5.65. The molecule has 2 fully saturated rings. The standard InChI is InChI=1S/C12H20O3/c1-10(2)11(3)4-5-12(10,6-8(11)13)7-9(14)15/h8,13H,4-7H2,1-3H3,(H,14,15)/t8-,11+,12-/m0/s1. The molecule has 0 aliphatic heterocycles. The Hall–Kier alpha value is -0.570. The van der Waals surface area contributed by atoms with Crippen LogP contribution < -0.4 is 0 Å². The maximum Gasteiger partial charge on any atom is 0.303 e. The van der Waals surface area contributed by atoms with Gasteiger partial charge >= 0.3 is 5.97 Å². The van der Waals surface area contributed by atoms with Crippen molar-refractivity contribution in [2.45, 2.75) is 52.6 Å². The Labute approximate surface area is 90.5 Å². The van der Waals surface area contributed by atoms with Crippen LogP contribution >= 0.6 is 0 Å². The van der Waals surface area contributed by atoms with Crippen LogP contribution in [0.15, 0.2) is 0 Å². The Balaban J connectivity index is 2.40. The number of aliphatic hydroxyl groups excluding tert-OH is 1. The Morgan fingerprint density at radius 1 is 1.33 bits per heavy atom. The topological polar surface area (TPSA) is 57.5 Å². The van der Waals surface area contributed by atoms with E-state index in [4.69, 9.17) is 5.11 Å². The molecule has 2 aliphatic carbocycles. The molecular weight excluding hydrogens is 192 g/mol. The lowest BCUT2D eigenvalue weighted by Gasteiger charge is -2.40. The Kier molecular flexibility index (Phi) is 2.01.